The van der Waals surface area contributed by atoms with Crippen LogP contribution in [0.2, 0.25) is 0 Å². The molecule has 1 spiro atoms. The normalized spacial score (nSPS) is 29.1. The molecular formula is C11H17NO3. The average Bonchev–Trinajstić information content (AvgIpc) is 2.43. The molecule has 2 N–H and O–H groups in total. The molecule has 15 heavy (non-hydrogen) atoms. The summed E-state index contributed by atoms with van der Waals surface area (Å²) in [7, 11) is 0. The van der Waals surface area contributed by atoms with Gasteiger partial charge in [0, 0.05) is 12.5 Å². The van der Waals surface area contributed by atoms with E-state index in [4.69, 9.17) is 5.11 Å². The van der Waals surface area contributed by atoms with E-state index in [9.17, 15) is 9.59 Å². The van der Waals surface area contributed by atoms with Crippen molar-refractivity contribution >= 4 is 11.9 Å². The summed E-state index contributed by atoms with van der Waals surface area (Å²) in [5.74, 6) is -0.782. The minimum Gasteiger partial charge on any atom is -0.481 e. The van der Waals surface area contributed by atoms with E-state index in [1.165, 1.54) is 6.42 Å². The fraction of sp³-hybridized carbons (Fsp3) is 0.818. The Bertz CT molecular complexity index is 282. The van der Waals surface area contributed by atoms with Crippen molar-refractivity contribution in [1.82, 2.24) is 5.32 Å². The smallest absolute Gasteiger partial charge is 0.305 e. The Kier molecular flexibility index (Phi) is 2.67. The lowest BCUT2D eigenvalue weighted by Gasteiger charge is -2.36. The molecule has 2 aliphatic rings. The topological polar surface area (TPSA) is 66.4 Å². The second kappa shape index (κ2) is 3.83. The van der Waals surface area contributed by atoms with Crippen LogP contribution in [0.4, 0.5) is 0 Å². The Balaban J connectivity index is 2.12. The molecule has 1 amide bonds. The molecule has 1 unspecified atom stereocenters. The van der Waals surface area contributed by atoms with Crippen LogP contribution in [0.3, 0.4) is 0 Å². The summed E-state index contributed by atoms with van der Waals surface area (Å²) < 4.78 is 0. The third-order valence-electron chi connectivity index (χ3n) is 3.82. The van der Waals surface area contributed by atoms with Gasteiger partial charge in [-0.3, -0.25) is 9.59 Å². The van der Waals surface area contributed by atoms with Gasteiger partial charge in [0.2, 0.25) is 5.91 Å². The molecule has 0 radical (unpaired) electrons. The molecule has 1 saturated heterocycles. The molecule has 4 nitrogen and oxygen atoms in total. The Hall–Kier alpha value is -1.06. The predicted molar refractivity (Wildman–Crippen MR) is 54.3 cm³/mol. The van der Waals surface area contributed by atoms with E-state index in [0.717, 1.165) is 25.7 Å². The zero-order valence-electron chi connectivity index (χ0n) is 8.79. The van der Waals surface area contributed by atoms with E-state index in [1.807, 2.05) is 0 Å². The first-order valence-corrected chi connectivity index (χ1v) is 5.64. The molecule has 0 aromatic carbocycles. The number of carbonyl (C=O) groups is 2. The zero-order valence-corrected chi connectivity index (χ0v) is 8.79. The van der Waals surface area contributed by atoms with Gasteiger partial charge in [0.15, 0.2) is 0 Å². The van der Waals surface area contributed by atoms with Crippen molar-refractivity contribution in [2.45, 2.75) is 51.0 Å². The summed E-state index contributed by atoms with van der Waals surface area (Å²) in [6.07, 6.45) is 6.09. The quantitative estimate of drug-likeness (QED) is 0.723. The predicted octanol–water partition coefficient (Wildman–Crippen LogP) is 1.30. The molecular weight excluding hydrogens is 194 g/mol. The maximum Gasteiger partial charge on any atom is 0.305 e. The van der Waals surface area contributed by atoms with Crippen molar-refractivity contribution < 1.29 is 14.7 Å². The number of rotatable bonds is 2. The highest BCUT2D eigenvalue weighted by Crippen LogP contribution is 2.46. The van der Waals surface area contributed by atoms with Crippen LogP contribution in [-0.2, 0) is 9.59 Å². The van der Waals surface area contributed by atoms with E-state index in [1.54, 1.807) is 0 Å². The summed E-state index contributed by atoms with van der Waals surface area (Å²) >= 11 is 0. The molecule has 0 bridgehead atoms. The Morgan fingerprint density at radius 1 is 1.40 bits per heavy atom. The van der Waals surface area contributed by atoms with Crippen LogP contribution in [0, 0.1) is 5.41 Å². The fourth-order valence-corrected chi connectivity index (χ4v) is 3.06. The largest absolute Gasteiger partial charge is 0.481 e. The summed E-state index contributed by atoms with van der Waals surface area (Å²) in [6, 6.07) is -0.136. The second-order valence-corrected chi connectivity index (χ2v) is 4.82. The van der Waals surface area contributed by atoms with Gasteiger partial charge in [0.05, 0.1) is 6.42 Å². The van der Waals surface area contributed by atoms with Crippen molar-refractivity contribution in [1.29, 1.82) is 0 Å². The highest BCUT2D eigenvalue weighted by atomic mass is 16.4. The van der Waals surface area contributed by atoms with Crippen LogP contribution in [0.5, 0.6) is 0 Å². The zero-order chi connectivity index (χ0) is 10.9. The Morgan fingerprint density at radius 2 is 2.07 bits per heavy atom. The number of carboxylic acid groups (broad SMARTS) is 1. The van der Waals surface area contributed by atoms with E-state index in [-0.39, 0.29) is 23.8 Å². The van der Waals surface area contributed by atoms with E-state index >= 15 is 0 Å². The second-order valence-electron chi connectivity index (χ2n) is 4.82. The molecule has 1 atom stereocenters. The molecule has 2 fully saturated rings. The van der Waals surface area contributed by atoms with Crippen LogP contribution < -0.4 is 5.32 Å². The Labute approximate surface area is 89.0 Å². The molecule has 1 saturated carbocycles. The SMILES string of the molecule is O=C(O)CC1NC(=O)CC12CCCCC2. The molecule has 84 valence electrons. The maximum absolute atomic E-state index is 11.4. The Morgan fingerprint density at radius 3 is 2.67 bits per heavy atom. The van der Waals surface area contributed by atoms with Crippen LogP contribution in [0.15, 0.2) is 0 Å². The van der Waals surface area contributed by atoms with Gasteiger partial charge < -0.3 is 10.4 Å². The maximum atomic E-state index is 11.4. The van der Waals surface area contributed by atoms with Crippen molar-refractivity contribution in [3.05, 3.63) is 0 Å². The summed E-state index contributed by atoms with van der Waals surface area (Å²) in [5, 5.41) is 11.6. The van der Waals surface area contributed by atoms with Gasteiger partial charge in [-0.2, -0.15) is 0 Å². The van der Waals surface area contributed by atoms with Gasteiger partial charge in [-0.25, -0.2) is 0 Å². The van der Waals surface area contributed by atoms with Gasteiger partial charge in [0.1, 0.15) is 0 Å². The minimum atomic E-state index is -0.813. The third-order valence-corrected chi connectivity index (χ3v) is 3.82. The monoisotopic (exact) mass is 211 g/mol. The summed E-state index contributed by atoms with van der Waals surface area (Å²) in [4.78, 5) is 22.1. The van der Waals surface area contributed by atoms with Gasteiger partial charge in [-0.05, 0) is 18.3 Å². The molecule has 1 heterocycles. The van der Waals surface area contributed by atoms with Gasteiger partial charge in [0.25, 0.3) is 0 Å². The lowest BCUT2D eigenvalue weighted by molar-refractivity contribution is -0.138. The molecule has 2 rings (SSSR count). The first-order valence-electron chi connectivity index (χ1n) is 5.64. The molecule has 0 aromatic heterocycles. The van der Waals surface area contributed by atoms with E-state index in [0.29, 0.717) is 6.42 Å². The lowest BCUT2D eigenvalue weighted by atomic mass is 9.68. The first kappa shape index (κ1) is 10.5. The van der Waals surface area contributed by atoms with Crippen molar-refractivity contribution in [2.24, 2.45) is 5.41 Å². The molecule has 1 aliphatic heterocycles. The summed E-state index contributed by atoms with van der Waals surface area (Å²) in [6.45, 7) is 0. The van der Waals surface area contributed by atoms with Gasteiger partial charge in [-0.1, -0.05) is 19.3 Å². The van der Waals surface area contributed by atoms with Crippen LogP contribution in [-0.4, -0.2) is 23.0 Å². The van der Waals surface area contributed by atoms with E-state index < -0.39 is 5.97 Å². The van der Waals surface area contributed by atoms with Crippen molar-refractivity contribution in [3.8, 4) is 0 Å². The number of nitrogens with one attached hydrogen (secondary N) is 1. The number of carbonyl (C=O) groups excluding carboxylic acids is 1. The number of aliphatic carboxylic acids is 1. The van der Waals surface area contributed by atoms with Crippen molar-refractivity contribution in [3.63, 3.8) is 0 Å². The number of carboxylic acids is 1. The lowest BCUT2D eigenvalue weighted by Crippen LogP contribution is -2.40. The van der Waals surface area contributed by atoms with Crippen LogP contribution in [0.1, 0.15) is 44.9 Å². The van der Waals surface area contributed by atoms with Crippen LogP contribution >= 0.6 is 0 Å². The highest BCUT2D eigenvalue weighted by Gasteiger charge is 2.47. The summed E-state index contributed by atoms with van der Waals surface area (Å²) in [5.41, 5.74) is -0.0479. The number of hydrogen-bond acceptors (Lipinski definition) is 2. The highest BCUT2D eigenvalue weighted by molar-refractivity contribution is 5.81. The minimum absolute atomic E-state index is 0.0307. The van der Waals surface area contributed by atoms with Crippen LogP contribution in [0.25, 0.3) is 0 Å². The number of amides is 1. The third kappa shape index (κ3) is 1.98. The standard InChI is InChI=1S/C11H17NO3/c13-9-7-11(4-2-1-3-5-11)8(12-9)6-10(14)15/h8H,1-7H2,(H,12,13)(H,14,15). The molecule has 1 aliphatic carbocycles. The van der Waals surface area contributed by atoms with Crippen molar-refractivity contribution in [2.75, 3.05) is 0 Å². The van der Waals surface area contributed by atoms with Gasteiger partial charge >= 0.3 is 5.97 Å². The van der Waals surface area contributed by atoms with Gasteiger partial charge in [-0.15, -0.1) is 0 Å². The van der Waals surface area contributed by atoms with E-state index in [2.05, 4.69) is 5.32 Å². The first-order chi connectivity index (χ1) is 7.12. The average molecular weight is 211 g/mol. The molecule has 4 heteroatoms. The molecule has 0 aromatic rings. The number of hydrogen-bond donors (Lipinski definition) is 2. The fourth-order valence-electron chi connectivity index (χ4n) is 3.06.